The summed E-state index contributed by atoms with van der Waals surface area (Å²) in [6.45, 7) is 3.73. The number of hydrogen-bond donors (Lipinski definition) is 2. The number of H-pyrrole nitrogens is 1. The number of likely N-dealkylation sites (tertiary alicyclic amines) is 1. The third-order valence-corrected chi connectivity index (χ3v) is 5.12. The van der Waals surface area contributed by atoms with Crippen LogP contribution in [0.25, 0.3) is 11.5 Å². The first kappa shape index (κ1) is 16.9. The Labute approximate surface area is 151 Å². The van der Waals surface area contributed by atoms with Crippen LogP contribution in [0.1, 0.15) is 30.5 Å². The molecule has 1 saturated heterocycles. The van der Waals surface area contributed by atoms with Gasteiger partial charge in [0, 0.05) is 42.6 Å². The summed E-state index contributed by atoms with van der Waals surface area (Å²) < 4.78 is 0. The first-order valence-electron chi connectivity index (χ1n) is 9.15. The molecule has 4 rings (SSSR count). The van der Waals surface area contributed by atoms with Crippen molar-refractivity contribution in [2.75, 3.05) is 13.1 Å². The minimum Gasteiger partial charge on any atom is -0.352 e. The first-order chi connectivity index (χ1) is 12.6. The zero-order chi connectivity index (χ0) is 18.1. The second kappa shape index (κ2) is 6.99. The van der Waals surface area contributed by atoms with E-state index in [2.05, 4.69) is 25.2 Å². The average molecular weight is 353 g/mol. The molecule has 3 heterocycles. The Bertz CT molecular complexity index is 860. The topological polar surface area (TPSA) is 91.0 Å². The van der Waals surface area contributed by atoms with Crippen molar-refractivity contribution in [1.82, 2.24) is 25.2 Å². The Hall–Kier alpha value is -2.54. The van der Waals surface area contributed by atoms with E-state index in [-0.39, 0.29) is 23.9 Å². The van der Waals surface area contributed by atoms with Gasteiger partial charge in [0.2, 0.25) is 5.91 Å². The van der Waals surface area contributed by atoms with E-state index in [4.69, 9.17) is 0 Å². The van der Waals surface area contributed by atoms with Crippen LogP contribution in [0.15, 0.2) is 29.2 Å². The molecule has 0 aromatic carbocycles. The van der Waals surface area contributed by atoms with E-state index in [1.165, 1.54) is 12.8 Å². The van der Waals surface area contributed by atoms with Gasteiger partial charge in [-0.1, -0.05) is 6.07 Å². The van der Waals surface area contributed by atoms with Crippen molar-refractivity contribution >= 4 is 5.91 Å². The predicted molar refractivity (Wildman–Crippen MR) is 97.7 cm³/mol. The molecule has 2 fully saturated rings. The average Bonchev–Trinajstić information content (AvgIpc) is 3.38. The number of nitrogens with one attached hydrogen (secondary N) is 2. The van der Waals surface area contributed by atoms with Crippen molar-refractivity contribution in [3.63, 3.8) is 0 Å². The monoisotopic (exact) mass is 353 g/mol. The van der Waals surface area contributed by atoms with Gasteiger partial charge in [0.15, 0.2) is 5.82 Å². The van der Waals surface area contributed by atoms with Gasteiger partial charge in [0.05, 0.1) is 6.42 Å². The van der Waals surface area contributed by atoms with Crippen LogP contribution in [0, 0.1) is 6.92 Å². The number of hydrogen-bond acceptors (Lipinski definition) is 5. The molecule has 2 aromatic rings. The smallest absolute Gasteiger partial charge is 0.255 e. The molecule has 136 valence electrons. The summed E-state index contributed by atoms with van der Waals surface area (Å²) in [4.78, 5) is 38.7. The predicted octanol–water partition coefficient (Wildman–Crippen LogP) is 1.04. The number of aryl methyl sites for hydroxylation is 1. The maximum absolute atomic E-state index is 12.4. The number of nitrogens with zero attached hydrogens (tertiary/aromatic N) is 3. The fraction of sp³-hybridized carbons (Fsp3) is 0.474. The van der Waals surface area contributed by atoms with Crippen LogP contribution in [0.5, 0.6) is 0 Å². The highest BCUT2D eigenvalue weighted by atomic mass is 16.2. The third-order valence-electron chi connectivity index (χ3n) is 5.12. The highest BCUT2D eigenvalue weighted by molar-refractivity contribution is 5.79. The number of pyridine rings is 1. The molecule has 1 saturated carbocycles. The standard InChI is InChI=1S/C19H23N5O2/c1-12-15(19(26)23-18(21-12)16-4-2-3-8-20-16)10-17(25)22-13-7-9-24(11-13)14-5-6-14/h2-4,8,13-14H,5-7,9-11H2,1H3,(H,22,25)(H,21,23,26)/t13-/m1/s1. The molecular weight excluding hydrogens is 330 g/mol. The van der Waals surface area contributed by atoms with Crippen LogP contribution >= 0.6 is 0 Å². The van der Waals surface area contributed by atoms with E-state index in [9.17, 15) is 9.59 Å². The van der Waals surface area contributed by atoms with Crippen molar-refractivity contribution in [3.05, 3.63) is 46.0 Å². The minimum atomic E-state index is -0.278. The van der Waals surface area contributed by atoms with Crippen LogP contribution in [-0.4, -0.2) is 50.9 Å². The Balaban J connectivity index is 1.43. The highest BCUT2D eigenvalue weighted by Crippen LogP contribution is 2.29. The molecule has 0 unspecified atom stereocenters. The van der Waals surface area contributed by atoms with Gasteiger partial charge in [-0.15, -0.1) is 0 Å². The van der Waals surface area contributed by atoms with Crippen molar-refractivity contribution in [1.29, 1.82) is 0 Å². The molecule has 0 spiro atoms. The van der Waals surface area contributed by atoms with Crippen LogP contribution in [0.4, 0.5) is 0 Å². The third kappa shape index (κ3) is 3.67. The number of rotatable bonds is 5. The molecular formula is C19H23N5O2. The van der Waals surface area contributed by atoms with Crippen LogP contribution in [0.2, 0.25) is 0 Å². The van der Waals surface area contributed by atoms with Gasteiger partial charge < -0.3 is 10.3 Å². The van der Waals surface area contributed by atoms with Gasteiger partial charge in [0.25, 0.3) is 5.56 Å². The van der Waals surface area contributed by atoms with E-state index >= 15 is 0 Å². The van der Waals surface area contributed by atoms with E-state index in [1.54, 1.807) is 25.3 Å². The lowest BCUT2D eigenvalue weighted by atomic mass is 10.1. The fourth-order valence-corrected chi connectivity index (χ4v) is 3.56. The van der Waals surface area contributed by atoms with Gasteiger partial charge >= 0.3 is 0 Å². The molecule has 1 aliphatic heterocycles. The summed E-state index contributed by atoms with van der Waals surface area (Å²) >= 11 is 0. The number of carbonyl (C=O) groups is 1. The summed E-state index contributed by atoms with van der Waals surface area (Å²) in [5.41, 5.74) is 1.31. The van der Waals surface area contributed by atoms with E-state index in [0.717, 1.165) is 25.6 Å². The number of amides is 1. The van der Waals surface area contributed by atoms with Crippen molar-refractivity contribution in [3.8, 4) is 11.5 Å². The molecule has 2 aromatic heterocycles. The van der Waals surface area contributed by atoms with Crippen LogP contribution < -0.4 is 10.9 Å². The van der Waals surface area contributed by atoms with Gasteiger partial charge in [-0.3, -0.25) is 19.5 Å². The zero-order valence-corrected chi connectivity index (χ0v) is 14.9. The summed E-state index contributed by atoms with van der Waals surface area (Å²) in [6, 6.07) is 6.34. The van der Waals surface area contributed by atoms with Crippen LogP contribution in [-0.2, 0) is 11.2 Å². The number of carbonyl (C=O) groups excluding carboxylic acids is 1. The first-order valence-corrected chi connectivity index (χ1v) is 9.15. The van der Waals surface area contributed by atoms with Gasteiger partial charge in [-0.2, -0.15) is 0 Å². The molecule has 1 aliphatic carbocycles. The summed E-state index contributed by atoms with van der Waals surface area (Å²) in [7, 11) is 0. The lowest BCUT2D eigenvalue weighted by molar-refractivity contribution is -0.121. The summed E-state index contributed by atoms with van der Waals surface area (Å²) in [5.74, 6) is 0.307. The maximum atomic E-state index is 12.4. The second-order valence-electron chi connectivity index (χ2n) is 7.15. The van der Waals surface area contributed by atoms with Gasteiger partial charge in [-0.25, -0.2) is 4.98 Å². The minimum absolute atomic E-state index is 0.0522. The molecule has 1 amide bonds. The largest absolute Gasteiger partial charge is 0.352 e. The molecule has 7 heteroatoms. The molecule has 0 bridgehead atoms. The van der Waals surface area contributed by atoms with Crippen molar-refractivity contribution in [2.24, 2.45) is 0 Å². The van der Waals surface area contributed by atoms with Crippen molar-refractivity contribution < 1.29 is 4.79 Å². The Morgan fingerprint density at radius 3 is 2.88 bits per heavy atom. The Morgan fingerprint density at radius 1 is 1.35 bits per heavy atom. The van der Waals surface area contributed by atoms with Crippen molar-refractivity contribution in [2.45, 2.75) is 44.7 Å². The lowest BCUT2D eigenvalue weighted by Gasteiger charge is -2.16. The highest BCUT2D eigenvalue weighted by Gasteiger charge is 2.34. The fourth-order valence-electron chi connectivity index (χ4n) is 3.56. The Morgan fingerprint density at radius 2 is 2.19 bits per heavy atom. The molecule has 1 atom stereocenters. The Kier molecular flexibility index (Phi) is 4.55. The molecule has 2 aliphatic rings. The van der Waals surface area contributed by atoms with E-state index < -0.39 is 0 Å². The van der Waals surface area contributed by atoms with E-state index in [0.29, 0.717) is 22.8 Å². The molecule has 26 heavy (non-hydrogen) atoms. The quantitative estimate of drug-likeness (QED) is 0.838. The van der Waals surface area contributed by atoms with Crippen LogP contribution in [0.3, 0.4) is 0 Å². The van der Waals surface area contributed by atoms with Gasteiger partial charge in [0.1, 0.15) is 5.69 Å². The molecule has 7 nitrogen and oxygen atoms in total. The second-order valence-corrected chi connectivity index (χ2v) is 7.15. The zero-order valence-electron chi connectivity index (χ0n) is 14.9. The summed E-state index contributed by atoms with van der Waals surface area (Å²) in [5, 5.41) is 3.07. The molecule has 2 N–H and O–H groups in total. The summed E-state index contributed by atoms with van der Waals surface area (Å²) in [6.07, 6.45) is 5.25. The van der Waals surface area contributed by atoms with Gasteiger partial charge in [-0.05, 0) is 38.3 Å². The SMILES string of the molecule is Cc1nc(-c2ccccn2)[nH]c(=O)c1CC(=O)N[C@@H]1CCN(C2CC2)C1. The number of aromatic nitrogens is 3. The normalized spacial score (nSPS) is 20.3. The lowest BCUT2D eigenvalue weighted by Crippen LogP contribution is -2.39. The molecule has 0 radical (unpaired) electrons. The maximum Gasteiger partial charge on any atom is 0.255 e. The van der Waals surface area contributed by atoms with E-state index in [1.807, 2.05) is 6.07 Å². The number of aromatic amines is 1.